The molecule has 0 aromatic carbocycles. The van der Waals surface area contributed by atoms with Crippen molar-refractivity contribution in [3.05, 3.63) is 35.6 Å². The number of nitrogens with two attached hydrogens (primary N) is 1. The maximum absolute atomic E-state index is 11.0. The predicted molar refractivity (Wildman–Crippen MR) is 91.9 cm³/mol. The van der Waals surface area contributed by atoms with E-state index < -0.39 is 0 Å². The van der Waals surface area contributed by atoms with Gasteiger partial charge in [-0.25, -0.2) is 5.48 Å². The van der Waals surface area contributed by atoms with E-state index in [1.807, 2.05) is 52.0 Å². The first-order valence-electron chi connectivity index (χ1n) is 7.24. The minimum absolute atomic E-state index is 0. The molecule has 0 heterocycles. The molecule has 0 atom stereocenters. The second-order valence-corrected chi connectivity index (χ2v) is 4.45. The van der Waals surface area contributed by atoms with Crippen molar-refractivity contribution in [1.82, 2.24) is 5.48 Å². The van der Waals surface area contributed by atoms with E-state index in [1.54, 1.807) is 5.48 Å². The zero-order chi connectivity index (χ0) is 16.2. The molecule has 0 aromatic rings. The number of amides is 1. The van der Waals surface area contributed by atoms with Gasteiger partial charge in [0.2, 0.25) is 5.91 Å². The molecule has 1 rings (SSSR count). The minimum Gasteiger partial charge on any atom is -0.399 e. The van der Waals surface area contributed by atoms with Crippen molar-refractivity contribution in [1.29, 1.82) is 0 Å². The molecule has 1 amide bonds. The predicted octanol–water partition coefficient (Wildman–Crippen LogP) is 4.33. The molecule has 0 fully saturated rings. The summed E-state index contributed by atoms with van der Waals surface area (Å²) < 4.78 is 0. The van der Waals surface area contributed by atoms with E-state index in [2.05, 4.69) is 13.8 Å². The zero-order valence-corrected chi connectivity index (χ0v) is 13.7. The molecule has 4 N–H and O–H groups in total. The third kappa shape index (κ3) is 9.91. The number of nitrogens with one attached hydrogen (secondary N) is 1. The normalized spacial score (nSPS) is 14.6. The van der Waals surface area contributed by atoms with Crippen molar-refractivity contribution in [2.75, 3.05) is 0 Å². The summed E-state index contributed by atoms with van der Waals surface area (Å²) >= 11 is 0. The average molecular weight is 298 g/mol. The zero-order valence-electron chi connectivity index (χ0n) is 13.7. The second kappa shape index (κ2) is 13.4. The van der Waals surface area contributed by atoms with Gasteiger partial charge in [-0.05, 0) is 18.6 Å². The molecule has 0 saturated carbocycles. The number of allylic oxidation sites excluding steroid dienone is 5. The lowest BCUT2D eigenvalue weighted by molar-refractivity contribution is -0.129. The molecule has 0 radical (unpaired) electrons. The summed E-state index contributed by atoms with van der Waals surface area (Å²) in [6.45, 7) is 12.1. The molecule has 1 aliphatic carbocycles. The van der Waals surface area contributed by atoms with Gasteiger partial charge in [0.15, 0.2) is 0 Å². The molecule has 21 heavy (non-hydrogen) atoms. The summed E-state index contributed by atoms with van der Waals surface area (Å²) in [5.74, 6) is -0.373. The molecule has 4 heteroatoms. The van der Waals surface area contributed by atoms with Crippen molar-refractivity contribution in [2.24, 2.45) is 11.1 Å². The number of hydrogen-bond acceptors (Lipinski definition) is 3. The average Bonchev–Trinajstić information content (AvgIpc) is 2.60. The molecule has 1 aliphatic rings. The van der Waals surface area contributed by atoms with Crippen LogP contribution in [0.25, 0.3) is 0 Å². The fourth-order valence-corrected chi connectivity index (χ4v) is 1.59. The van der Waals surface area contributed by atoms with Crippen molar-refractivity contribution >= 4 is 5.91 Å². The van der Waals surface area contributed by atoms with Gasteiger partial charge in [-0.15, -0.1) is 0 Å². The van der Waals surface area contributed by atoms with Gasteiger partial charge in [-0.1, -0.05) is 66.7 Å². The van der Waals surface area contributed by atoms with Crippen LogP contribution in [0.4, 0.5) is 0 Å². The van der Waals surface area contributed by atoms with Gasteiger partial charge in [0.25, 0.3) is 0 Å². The Morgan fingerprint density at radius 3 is 2.24 bits per heavy atom. The highest BCUT2D eigenvalue weighted by molar-refractivity contribution is 5.74. The van der Waals surface area contributed by atoms with E-state index in [0.717, 1.165) is 5.57 Å². The molecular formula is C17H34N2O2. The molecule has 0 unspecified atom stereocenters. The van der Waals surface area contributed by atoms with E-state index in [0.29, 0.717) is 12.1 Å². The van der Waals surface area contributed by atoms with Crippen LogP contribution >= 0.6 is 0 Å². The Morgan fingerprint density at radius 1 is 1.24 bits per heavy atom. The Kier molecular flexibility index (Phi) is 15.7. The summed E-state index contributed by atoms with van der Waals surface area (Å²) in [6.07, 6.45) is 8.54. The van der Waals surface area contributed by atoms with E-state index >= 15 is 0 Å². The first kappa shape index (κ1) is 24.5. The molecule has 4 nitrogen and oxygen atoms in total. The van der Waals surface area contributed by atoms with Crippen LogP contribution in [0.1, 0.15) is 61.8 Å². The quantitative estimate of drug-likeness (QED) is 0.536. The van der Waals surface area contributed by atoms with Gasteiger partial charge in [-0.2, -0.15) is 0 Å². The van der Waals surface area contributed by atoms with Crippen molar-refractivity contribution in [2.45, 2.75) is 61.8 Å². The lowest BCUT2D eigenvalue weighted by Crippen LogP contribution is -2.20. The van der Waals surface area contributed by atoms with Crippen LogP contribution in [-0.4, -0.2) is 11.1 Å². The van der Waals surface area contributed by atoms with Crippen LogP contribution in [0.15, 0.2) is 35.6 Å². The highest BCUT2D eigenvalue weighted by atomic mass is 16.5. The Morgan fingerprint density at radius 2 is 1.76 bits per heavy atom. The Labute approximate surface area is 130 Å². The van der Waals surface area contributed by atoms with Gasteiger partial charge >= 0.3 is 0 Å². The fourth-order valence-electron chi connectivity index (χ4n) is 1.59. The lowest BCUT2D eigenvalue weighted by atomic mass is 9.81. The van der Waals surface area contributed by atoms with Crippen LogP contribution in [0.3, 0.4) is 0 Å². The topological polar surface area (TPSA) is 75.4 Å². The molecule has 0 aromatic heterocycles. The maximum atomic E-state index is 11.0. The van der Waals surface area contributed by atoms with Crippen molar-refractivity contribution in [3.8, 4) is 0 Å². The third-order valence-corrected chi connectivity index (χ3v) is 2.74. The standard InChI is InChI=1S/C12H18N2O2.2C2H6.CH4/c1-12(2)8-7-10(13)5-3-9(12)4-6-11(15)14-16;2*1-2;/h3,5,7-8,16H,4,6,13H2,1-2H3,(H,14,15);2*1-2H3;1H4. The molecule has 0 aliphatic heterocycles. The maximum Gasteiger partial charge on any atom is 0.243 e. The number of carbonyl (C=O) groups is 1. The number of hydroxylamine groups is 1. The number of carbonyl (C=O) groups excluding carboxylic acids is 1. The van der Waals surface area contributed by atoms with E-state index in [-0.39, 0.29) is 25.2 Å². The van der Waals surface area contributed by atoms with E-state index in [9.17, 15) is 4.79 Å². The summed E-state index contributed by atoms with van der Waals surface area (Å²) in [5.41, 5.74) is 9.05. The number of rotatable bonds is 3. The summed E-state index contributed by atoms with van der Waals surface area (Å²) in [7, 11) is 0. The molecule has 0 bridgehead atoms. The SMILES string of the molecule is C.CC.CC.CC1(C)C=CC(N)=CC=C1CCC(=O)NO. The molecular weight excluding hydrogens is 264 g/mol. The second-order valence-electron chi connectivity index (χ2n) is 4.45. The van der Waals surface area contributed by atoms with E-state index in [1.165, 1.54) is 0 Å². The smallest absolute Gasteiger partial charge is 0.243 e. The number of hydrogen-bond donors (Lipinski definition) is 3. The Bertz CT molecular complexity index is 367. The molecule has 0 saturated heterocycles. The van der Waals surface area contributed by atoms with Gasteiger partial charge in [0, 0.05) is 17.5 Å². The highest BCUT2D eigenvalue weighted by Crippen LogP contribution is 2.33. The van der Waals surface area contributed by atoms with Gasteiger partial charge < -0.3 is 5.73 Å². The summed E-state index contributed by atoms with van der Waals surface area (Å²) in [6, 6.07) is 0. The van der Waals surface area contributed by atoms with Crippen LogP contribution in [-0.2, 0) is 4.79 Å². The lowest BCUT2D eigenvalue weighted by Gasteiger charge is -2.23. The van der Waals surface area contributed by atoms with Gasteiger partial charge in [0.1, 0.15) is 0 Å². The first-order valence-corrected chi connectivity index (χ1v) is 7.24. The van der Waals surface area contributed by atoms with Crippen LogP contribution in [0, 0.1) is 5.41 Å². The van der Waals surface area contributed by atoms with Crippen LogP contribution in [0.2, 0.25) is 0 Å². The third-order valence-electron chi connectivity index (χ3n) is 2.74. The van der Waals surface area contributed by atoms with E-state index in [4.69, 9.17) is 10.9 Å². The minimum atomic E-state index is -0.373. The largest absolute Gasteiger partial charge is 0.399 e. The van der Waals surface area contributed by atoms with Crippen molar-refractivity contribution < 1.29 is 10.0 Å². The summed E-state index contributed by atoms with van der Waals surface area (Å²) in [4.78, 5) is 11.0. The highest BCUT2D eigenvalue weighted by Gasteiger charge is 2.21. The Hall–Kier alpha value is -1.55. The summed E-state index contributed by atoms with van der Waals surface area (Å²) in [5, 5.41) is 8.43. The van der Waals surface area contributed by atoms with Crippen molar-refractivity contribution in [3.63, 3.8) is 0 Å². The van der Waals surface area contributed by atoms with Gasteiger partial charge in [0.05, 0.1) is 0 Å². The monoisotopic (exact) mass is 298 g/mol. The molecule has 124 valence electrons. The van der Waals surface area contributed by atoms with Crippen LogP contribution < -0.4 is 11.2 Å². The molecule has 0 spiro atoms. The van der Waals surface area contributed by atoms with Crippen LogP contribution in [0.5, 0.6) is 0 Å². The first-order chi connectivity index (χ1) is 9.45. The van der Waals surface area contributed by atoms with Gasteiger partial charge in [-0.3, -0.25) is 10.0 Å². The fraction of sp³-hybridized carbons (Fsp3) is 0.588. The Balaban J connectivity index is -0.000000595.